The molecule has 2 aliphatic heterocycles. The lowest BCUT2D eigenvalue weighted by molar-refractivity contribution is -0.137. The maximum Gasteiger partial charge on any atom is 0.260 e. The van der Waals surface area contributed by atoms with Gasteiger partial charge in [0.2, 0.25) is 0 Å². The van der Waals surface area contributed by atoms with Crippen LogP contribution in [0.2, 0.25) is 5.02 Å². The van der Waals surface area contributed by atoms with Crippen LogP contribution in [0, 0.1) is 0 Å². The number of aromatic nitrogens is 3. The smallest absolute Gasteiger partial charge is 0.260 e. The molecule has 2 amide bonds. The summed E-state index contributed by atoms with van der Waals surface area (Å²) in [6, 6.07) is 5.56. The van der Waals surface area contributed by atoms with Crippen molar-refractivity contribution in [3.05, 3.63) is 46.7 Å². The first-order valence-electron chi connectivity index (χ1n) is 13.4. The van der Waals surface area contributed by atoms with E-state index in [9.17, 15) is 27.2 Å². The minimum absolute atomic E-state index is 0.0714. The van der Waals surface area contributed by atoms with Gasteiger partial charge in [-0.15, -0.1) is 0 Å². The zero-order valence-electron chi connectivity index (χ0n) is 21.9. The molecule has 4 heterocycles. The number of fused-ring (bicyclic) bond motifs is 1. The lowest BCUT2D eigenvalue weighted by Gasteiger charge is -2.31. The minimum Gasteiger partial charge on any atom is -0.382 e. The van der Waals surface area contributed by atoms with Crippen molar-refractivity contribution in [1.82, 2.24) is 29.7 Å². The number of hydrogen-bond acceptors (Lipinski definition) is 6. The van der Waals surface area contributed by atoms with Gasteiger partial charge in [0.1, 0.15) is 18.0 Å². The van der Waals surface area contributed by atoms with Crippen LogP contribution < -0.4 is 11.1 Å². The minimum atomic E-state index is -2.67. The fraction of sp³-hybridized carbons (Fsp3) is 0.481. The second-order valence-electron chi connectivity index (χ2n) is 11.1. The third kappa shape index (κ3) is 5.32. The molecule has 0 unspecified atom stereocenters. The van der Waals surface area contributed by atoms with Gasteiger partial charge in [-0.1, -0.05) is 17.7 Å². The lowest BCUT2D eigenvalue weighted by atomic mass is 10.0. The van der Waals surface area contributed by atoms with Crippen LogP contribution in [0.15, 0.2) is 30.6 Å². The van der Waals surface area contributed by atoms with Crippen molar-refractivity contribution in [1.29, 1.82) is 0 Å². The Morgan fingerprint density at radius 1 is 1.10 bits per heavy atom. The molecule has 3 aliphatic rings. The van der Waals surface area contributed by atoms with Crippen LogP contribution >= 0.6 is 11.6 Å². The molecule has 0 spiro atoms. The van der Waals surface area contributed by atoms with Crippen LogP contribution in [0.1, 0.15) is 41.6 Å². The van der Waals surface area contributed by atoms with E-state index in [1.807, 2.05) is 11.0 Å². The number of benzene rings is 1. The number of carbonyl (C=O) groups excluding carboxylic acids is 2. The summed E-state index contributed by atoms with van der Waals surface area (Å²) in [7, 11) is 0. The molecular weight excluding hydrogens is 566 g/mol. The number of nitrogen functional groups attached to an aromatic ring is 1. The zero-order valence-corrected chi connectivity index (χ0v) is 22.7. The average molecular weight is 594 g/mol. The number of piperidine rings is 1. The molecule has 1 aromatic carbocycles. The maximum absolute atomic E-state index is 14.7. The van der Waals surface area contributed by atoms with Crippen molar-refractivity contribution in [2.75, 3.05) is 31.9 Å². The predicted molar refractivity (Wildman–Crippen MR) is 143 cm³/mol. The Hall–Kier alpha value is -3.45. The Labute approximate surface area is 237 Å². The Kier molecular flexibility index (Phi) is 6.84. The topological polar surface area (TPSA) is 109 Å². The SMILES string of the molecule is Nc1ncnn2c(-c3ccc(Cl)c(C(=O)N[C@@H]4CN(C(=O)C5(F)CC5)C[C@@H]4F)c3)cc(CN3CCC(F)(F)CC3)c12. The highest BCUT2D eigenvalue weighted by molar-refractivity contribution is 6.34. The highest BCUT2D eigenvalue weighted by Crippen LogP contribution is 2.42. The van der Waals surface area contributed by atoms with Crippen LogP contribution in [0.3, 0.4) is 0 Å². The van der Waals surface area contributed by atoms with Gasteiger partial charge in [0.05, 0.1) is 28.9 Å². The number of halogens is 5. The highest BCUT2D eigenvalue weighted by Gasteiger charge is 2.54. The zero-order chi connectivity index (χ0) is 29.1. The van der Waals surface area contributed by atoms with E-state index in [2.05, 4.69) is 15.4 Å². The number of rotatable bonds is 6. The first-order valence-corrected chi connectivity index (χ1v) is 13.8. The molecule has 6 rings (SSSR count). The number of carbonyl (C=O) groups is 2. The van der Waals surface area contributed by atoms with Crippen molar-refractivity contribution in [3.8, 4) is 11.3 Å². The summed E-state index contributed by atoms with van der Waals surface area (Å²) in [6.07, 6.45) is -0.473. The van der Waals surface area contributed by atoms with E-state index >= 15 is 0 Å². The average Bonchev–Trinajstić information content (AvgIpc) is 3.42. The van der Waals surface area contributed by atoms with Gasteiger partial charge in [0.25, 0.3) is 17.7 Å². The quantitative estimate of drug-likeness (QED) is 0.423. The summed E-state index contributed by atoms with van der Waals surface area (Å²) in [5.74, 6) is -3.85. The Morgan fingerprint density at radius 3 is 2.54 bits per heavy atom. The third-order valence-electron chi connectivity index (χ3n) is 8.07. The summed E-state index contributed by atoms with van der Waals surface area (Å²) in [5.41, 5.74) is 6.72. The number of nitrogens with two attached hydrogens (primary N) is 1. The number of amides is 2. The van der Waals surface area contributed by atoms with Gasteiger partial charge in [-0.25, -0.2) is 27.1 Å². The second kappa shape index (κ2) is 10.1. The Balaban J connectivity index is 1.25. The van der Waals surface area contributed by atoms with Gasteiger partial charge in [0.15, 0.2) is 11.5 Å². The van der Waals surface area contributed by atoms with Gasteiger partial charge in [-0.2, -0.15) is 5.10 Å². The van der Waals surface area contributed by atoms with E-state index in [1.165, 1.54) is 18.5 Å². The van der Waals surface area contributed by atoms with Crippen LogP contribution in [0.25, 0.3) is 16.8 Å². The highest BCUT2D eigenvalue weighted by atomic mass is 35.5. The van der Waals surface area contributed by atoms with Gasteiger partial charge < -0.3 is 16.0 Å². The van der Waals surface area contributed by atoms with Crippen molar-refractivity contribution in [2.45, 2.75) is 56.0 Å². The molecular formula is C27H28ClF4N7O2. The summed E-state index contributed by atoms with van der Waals surface area (Å²) >= 11 is 6.36. The third-order valence-corrected chi connectivity index (χ3v) is 8.40. The number of anilines is 1. The van der Waals surface area contributed by atoms with E-state index in [0.717, 1.165) is 10.5 Å². The molecule has 2 aromatic heterocycles. The van der Waals surface area contributed by atoms with Crippen LogP contribution in [0.5, 0.6) is 0 Å². The molecule has 41 heavy (non-hydrogen) atoms. The van der Waals surface area contributed by atoms with E-state index < -0.39 is 35.6 Å². The maximum atomic E-state index is 14.7. The first kappa shape index (κ1) is 27.7. The van der Waals surface area contributed by atoms with Gasteiger partial charge in [0, 0.05) is 44.6 Å². The molecule has 0 radical (unpaired) electrons. The largest absolute Gasteiger partial charge is 0.382 e. The summed E-state index contributed by atoms with van der Waals surface area (Å²) in [4.78, 5) is 32.6. The van der Waals surface area contributed by atoms with E-state index in [0.29, 0.717) is 23.3 Å². The van der Waals surface area contributed by atoms with Crippen LogP contribution in [0.4, 0.5) is 23.4 Å². The molecule has 14 heteroatoms. The normalized spacial score (nSPS) is 23.6. The fourth-order valence-corrected chi connectivity index (χ4v) is 5.73. The molecule has 3 aromatic rings. The Morgan fingerprint density at radius 2 is 1.83 bits per heavy atom. The molecule has 1 aliphatic carbocycles. The number of nitrogens with zero attached hydrogens (tertiary/aromatic N) is 5. The standard InChI is InChI=1S/C27H28ClF4N7O2/c28-18-2-1-15(9-17(18)24(40)36-20-13-38(12-19(20)29)25(41)26(30)3-4-26)21-10-16(22-23(33)34-14-35-39(21)22)11-37-7-5-27(31,32)6-8-37/h1-2,9-10,14,19-20H,3-8,11-13H2,(H,36,40)(H2,33,34,35)/t19-,20+/m0/s1. The molecule has 2 saturated heterocycles. The monoisotopic (exact) mass is 593 g/mol. The van der Waals surface area contributed by atoms with Gasteiger partial charge >= 0.3 is 0 Å². The van der Waals surface area contributed by atoms with Crippen LogP contribution in [-0.4, -0.2) is 86.2 Å². The number of hydrogen-bond donors (Lipinski definition) is 2. The van der Waals surface area contributed by atoms with Crippen LogP contribution in [-0.2, 0) is 11.3 Å². The van der Waals surface area contributed by atoms with Crippen molar-refractivity contribution in [2.24, 2.45) is 0 Å². The molecule has 218 valence electrons. The van der Waals surface area contributed by atoms with Gasteiger partial charge in [-0.05, 0) is 36.6 Å². The predicted octanol–water partition coefficient (Wildman–Crippen LogP) is 3.64. The first-order chi connectivity index (χ1) is 19.4. The van der Waals surface area contributed by atoms with Crippen molar-refractivity contribution < 1.29 is 27.2 Å². The number of nitrogens with one attached hydrogen (secondary N) is 1. The summed E-state index contributed by atoms with van der Waals surface area (Å²) < 4.78 is 57.9. The molecule has 1 saturated carbocycles. The number of likely N-dealkylation sites (tertiary alicyclic amines) is 2. The molecule has 9 nitrogen and oxygen atoms in total. The summed E-state index contributed by atoms with van der Waals surface area (Å²) in [5, 5.41) is 7.05. The number of alkyl halides is 4. The second-order valence-corrected chi connectivity index (χ2v) is 11.5. The summed E-state index contributed by atoms with van der Waals surface area (Å²) in [6.45, 7) is 0.375. The van der Waals surface area contributed by atoms with E-state index in [-0.39, 0.29) is 68.3 Å². The van der Waals surface area contributed by atoms with Gasteiger partial charge in [-0.3, -0.25) is 14.5 Å². The lowest BCUT2D eigenvalue weighted by Crippen LogP contribution is -2.43. The van der Waals surface area contributed by atoms with Crippen molar-refractivity contribution >= 4 is 34.7 Å². The molecule has 3 fully saturated rings. The van der Waals surface area contributed by atoms with Crippen molar-refractivity contribution in [3.63, 3.8) is 0 Å². The molecule has 0 bridgehead atoms. The van der Waals surface area contributed by atoms with E-state index in [1.54, 1.807) is 10.6 Å². The fourth-order valence-electron chi connectivity index (χ4n) is 5.53. The van der Waals surface area contributed by atoms with E-state index in [4.69, 9.17) is 17.3 Å². The Bertz CT molecular complexity index is 1520. The molecule has 2 atom stereocenters. The molecule has 3 N–H and O–H groups in total.